The number of carbonyl (C=O) groups is 1. The van der Waals surface area contributed by atoms with E-state index in [4.69, 9.17) is 5.10 Å². The summed E-state index contributed by atoms with van der Waals surface area (Å²) in [7, 11) is 0. The van der Waals surface area contributed by atoms with Crippen LogP contribution in [0.2, 0.25) is 0 Å². The topological polar surface area (TPSA) is 63.9 Å². The molecule has 0 saturated carbocycles. The maximum absolute atomic E-state index is 13.7. The van der Waals surface area contributed by atoms with Crippen molar-refractivity contribution in [3.05, 3.63) is 99.5 Å². The smallest absolute Gasteiger partial charge is 0.252 e. The maximum atomic E-state index is 13.7. The minimum atomic E-state index is -0.0594. The summed E-state index contributed by atoms with van der Waals surface area (Å²) in [6, 6.07) is 18.6. The fourth-order valence-corrected chi connectivity index (χ4v) is 4.85. The van der Waals surface area contributed by atoms with E-state index < -0.39 is 0 Å². The molecule has 1 aliphatic heterocycles. The Morgan fingerprint density at radius 1 is 0.912 bits per heavy atom. The lowest BCUT2D eigenvalue weighted by atomic mass is 9.84. The summed E-state index contributed by atoms with van der Waals surface area (Å²) in [5.41, 5.74) is 8.29. The van der Waals surface area contributed by atoms with Crippen LogP contribution in [0.4, 0.5) is 5.82 Å². The number of amides is 1. The van der Waals surface area contributed by atoms with Gasteiger partial charge in [0.15, 0.2) is 0 Å². The van der Waals surface area contributed by atoms with Gasteiger partial charge in [-0.05, 0) is 57.4 Å². The summed E-state index contributed by atoms with van der Waals surface area (Å²) in [6.45, 7) is 10.6. The number of hydrogen-bond donors (Lipinski definition) is 0. The average Bonchev–Trinajstić information content (AvgIpc) is 3.14. The molecule has 6 heteroatoms. The van der Waals surface area contributed by atoms with Crippen LogP contribution in [0.25, 0.3) is 5.95 Å². The van der Waals surface area contributed by atoms with Crippen molar-refractivity contribution >= 4 is 11.7 Å². The number of benzene rings is 2. The third-order valence-electron chi connectivity index (χ3n) is 6.59. The fraction of sp³-hybridized carbons (Fsp3) is 0.286. The second-order valence-electron chi connectivity index (χ2n) is 9.26. The molecule has 5 rings (SSSR count). The summed E-state index contributed by atoms with van der Waals surface area (Å²) >= 11 is 0. The van der Waals surface area contributed by atoms with Crippen molar-refractivity contribution in [3.63, 3.8) is 0 Å². The Morgan fingerprint density at radius 3 is 2.26 bits per heavy atom. The Hall–Kier alpha value is -3.80. The monoisotopic (exact) mass is 451 g/mol. The predicted octanol–water partition coefficient (Wildman–Crippen LogP) is 5.27. The van der Waals surface area contributed by atoms with Crippen LogP contribution in [0.3, 0.4) is 0 Å². The minimum Gasteiger partial charge on any atom is -0.292 e. The Morgan fingerprint density at radius 2 is 1.59 bits per heavy atom. The molecule has 6 nitrogen and oxygen atoms in total. The molecule has 0 N–H and O–H groups in total. The van der Waals surface area contributed by atoms with Crippen molar-refractivity contribution in [2.45, 2.75) is 53.5 Å². The highest BCUT2D eigenvalue weighted by Crippen LogP contribution is 2.43. The molecule has 2 aromatic heterocycles. The number of anilines is 1. The SMILES string of the molecule is Cc1ccc([C@H]2CC(=O)N(Cc3ccccc3C)c3c2c(C)nn3-c2nc(C)cc(C)n2)cc1. The van der Waals surface area contributed by atoms with Crippen molar-refractivity contribution in [2.75, 3.05) is 4.90 Å². The van der Waals surface area contributed by atoms with Crippen molar-refractivity contribution in [1.29, 1.82) is 0 Å². The van der Waals surface area contributed by atoms with Crippen molar-refractivity contribution < 1.29 is 4.79 Å². The zero-order chi connectivity index (χ0) is 24.0. The zero-order valence-corrected chi connectivity index (χ0v) is 20.3. The zero-order valence-electron chi connectivity index (χ0n) is 20.3. The molecule has 0 fully saturated rings. The van der Waals surface area contributed by atoms with Gasteiger partial charge in [-0.15, -0.1) is 0 Å². The quantitative estimate of drug-likeness (QED) is 0.424. The van der Waals surface area contributed by atoms with E-state index in [-0.39, 0.29) is 11.8 Å². The highest BCUT2D eigenvalue weighted by molar-refractivity contribution is 5.97. The first-order chi connectivity index (χ1) is 16.3. The van der Waals surface area contributed by atoms with Gasteiger partial charge in [0.1, 0.15) is 5.82 Å². The highest BCUT2D eigenvalue weighted by atomic mass is 16.2. The number of nitrogens with zero attached hydrogens (tertiary/aromatic N) is 5. The summed E-state index contributed by atoms with van der Waals surface area (Å²) in [4.78, 5) is 24.9. The second kappa shape index (κ2) is 8.52. The summed E-state index contributed by atoms with van der Waals surface area (Å²) in [6.07, 6.45) is 0.405. The van der Waals surface area contributed by atoms with E-state index in [2.05, 4.69) is 60.2 Å². The lowest BCUT2D eigenvalue weighted by molar-refractivity contribution is -0.119. The van der Waals surface area contributed by atoms with Gasteiger partial charge in [0.05, 0.1) is 12.2 Å². The second-order valence-corrected chi connectivity index (χ2v) is 9.26. The first-order valence-electron chi connectivity index (χ1n) is 11.7. The summed E-state index contributed by atoms with van der Waals surface area (Å²) in [5, 5.41) is 4.88. The fourth-order valence-electron chi connectivity index (χ4n) is 4.85. The molecule has 1 aliphatic rings. The van der Waals surface area contributed by atoms with E-state index >= 15 is 0 Å². The molecule has 4 aromatic rings. The van der Waals surface area contributed by atoms with Crippen LogP contribution >= 0.6 is 0 Å². The van der Waals surface area contributed by atoms with Crippen molar-refractivity contribution in [3.8, 4) is 5.95 Å². The standard InChI is InChI=1S/C28H29N5O/c1-17-10-12-22(13-11-17)24-15-25(34)32(16-23-9-7-6-8-18(23)2)27-26(24)21(5)31-33(27)28-29-19(3)14-20(4)30-28/h6-14,24H,15-16H2,1-5H3/t24-/m1/s1. The minimum absolute atomic E-state index is 0.0594. The summed E-state index contributed by atoms with van der Waals surface area (Å²) < 4.78 is 1.77. The first-order valence-corrected chi connectivity index (χ1v) is 11.7. The molecule has 0 spiro atoms. The van der Waals surface area contributed by atoms with Crippen LogP contribution in [-0.4, -0.2) is 25.7 Å². The van der Waals surface area contributed by atoms with Crippen LogP contribution in [-0.2, 0) is 11.3 Å². The first kappa shape index (κ1) is 22.0. The van der Waals surface area contributed by atoms with Gasteiger partial charge in [-0.25, -0.2) is 9.97 Å². The maximum Gasteiger partial charge on any atom is 0.252 e. The van der Waals surface area contributed by atoms with Crippen LogP contribution in [0.15, 0.2) is 54.6 Å². The Balaban J connectivity index is 1.72. The van der Waals surface area contributed by atoms with Gasteiger partial charge in [-0.1, -0.05) is 54.1 Å². The highest BCUT2D eigenvalue weighted by Gasteiger charge is 2.38. The molecule has 34 heavy (non-hydrogen) atoms. The van der Waals surface area contributed by atoms with Crippen LogP contribution < -0.4 is 4.90 Å². The lowest BCUT2D eigenvalue weighted by Gasteiger charge is -2.33. The average molecular weight is 452 g/mol. The number of aromatic nitrogens is 4. The molecular weight excluding hydrogens is 422 g/mol. The molecule has 0 radical (unpaired) electrons. The molecule has 2 aromatic carbocycles. The van der Waals surface area contributed by atoms with Crippen molar-refractivity contribution in [2.24, 2.45) is 0 Å². The van der Waals surface area contributed by atoms with E-state index in [9.17, 15) is 4.79 Å². The van der Waals surface area contributed by atoms with E-state index in [1.165, 1.54) is 5.56 Å². The van der Waals surface area contributed by atoms with Crippen LogP contribution in [0, 0.1) is 34.6 Å². The molecular formula is C28H29N5O. The Labute approximate surface area is 200 Å². The molecule has 1 atom stereocenters. The Bertz CT molecular complexity index is 1370. The molecule has 0 bridgehead atoms. The van der Waals surface area contributed by atoms with Gasteiger partial charge < -0.3 is 0 Å². The number of fused-ring (bicyclic) bond motifs is 1. The van der Waals surface area contributed by atoms with Gasteiger partial charge in [0, 0.05) is 29.3 Å². The van der Waals surface area contributed by atoms with Gasteiger partial charge in [0.2, 0.25) is 5.91 Å². The number of rotatable bonds is 4. The van der Waals surface area contributed by atoms with E-state index in [0.29, 0.717) is 18.9 Å². The molecule has 0 saturated heterocycles. The molecule has 3 heterocycles. The summed E-state index contributed by atoms with van der Waals surface area (Å²) in [5.74, 6) is 1.28. The Kier molecular flexibility index (Phi) is 5.52. The molecule has 172 valence electrons. The number of hydrogen-bond acceptors (Lipinski definition) is 4. The van der Waals surface area contributed by atoms with Gasteiger partial charge in [-0.3, -0.25) is 9.69 Å². The molecule has 1 amide bonds. The number of aryl methyl sites for hydroxylation is 5. The van der Waals surface area contributed by atoms with Crippen molar-refractivity contribution in [1.82, 2.24) is 19.7 Å². The number of carbonyl (C=O) groups excluding carboxylic acids is 1. The van der Waals surface area contributed by atoms with Gasteiger partial charge in [0.25, 0.3) is 5.95 Å². The van der Waals surface area contributed by atoms with Crippen LogP contribution in [0.5, 0.6) is 0 Å². The normalized spacial score (nSPS) is 15.5. The van der Waals surface area contributed by atoms with E-state index in [0.717, 1.165) is 45.2 Å². The largest absolute Gasteiger partial charge is 0.292 e. The van der Waals surface area contributed by atoms with E-state index in [1.807, 2.05) is 43.9 Å². The van der Waals surface area contributed by atoms with E-state index in [1.54, 1.807) is 4.68 Å². The molecule has 0 aliphatic carbocycles. The molecule has 0 unspecified atom stereocenters. The van der Waals surface area contributed by atoms with Gasteiger partial charge >= 0.3 is 0 Å². The third kappa shape index (κ3) is 3.89. The lowest BCUT2D eigenvalue weighted by Crippen LogP contribution is -2.38. The predicted molar refractivity (Wildman–Crippen MR) is 133 cm³/mol. The van der Waals surface area contributed by atoms with Crippen LogP contribution in [0.1, 0.15) is 57.2 Å². The van der Waals surface area contributed by atoms with Gasteiger partial charge in [-0.2, -0.15) is 9.78 Å². The third-order valence-corrected chi connectivity index (χ3v) is 6.59.